The normalized spacial score (nSPS) is 13.2. The van der Waals surface area contributed by atoms with Gasteiger partial charge < -0.3 is 14.2 Å². The molecule has 0 aliphatic carbocycles. The van der Waals surface area contributed by atoms with Crippen LogP contribution < -0.4 is 4.74 Å². The van der Waals surface area contributed by atoms with Gasteiger partial charge in [0.1, 0.15) is 12.4 Å². The molecule has 0 N–H and O–H groups in total. The van der Waals surface area contributed by atoms with Gasteiger partial charge in [-0.05, 0) is 44.4 Å². The molecule has 34 heavy (non-hydrogen) atoms. The molecule has 1 aliphatic rings. The van der Waals surface area contributed by atoms with Gasteiger partial charge in [0.15, 0.2) is 0 Å². The third kappa shape index (κ3) is 3.68. The standard InChI is InChI=1S/C26H24BrN3O3.ClH/c1-28(2)11-12-33-21-10-9-15(27)13-17(21)18-14-20-22(16-7-5-6-8-19(16)29(20)3)24-23(18)25(31)30(4)26(24)32;/h5-10,13-14H,11-12H2,1-4H3;1H. The van der Waals surface area contributed by atoms with Gasteiger partial charge in [0.2, 0.25) is 0 Å². The van der Waals surface area contributed by atoms with E-state index in [0.717, 1.165) is 38.4 Å². The molecule has 3 aromatic carbocycles. The smallest absolute Gasteiger partial charge is 0.262 e. The Hall–Kier alpha value is -2.87. The van der Waals surface area contributed by atoms with E-state index < -0.39 is 0 Å². The Morgan fingerprint density at radius 2 is 1.62 bits per heavy atom. The van der Waals surface area contributed by atoms with Crippen molar-refractivity contribution >= 4 is 62.0 Å². The minimum atomic E-state index is -0.293. The molecule has 0 saturated carbocycles. The zero-order valence-corrected chi connectivity index (χ0v) is 21.8. The monoisotopic (exact) mass is 541 g/mol. The first-order valence-corrected chi connectivity index (χ1v) is 11.5. The molecule has 2 heterocycles. The van der Waals surface area contributed by atoms with E-state index in [1.807, 2.05) is 69.7 Å². The van der Waals surface area contributed by atoms with Crippen molar-refractivity contribution in [3.05, 3.63) is 64.1 Å². The molecule has 0 spiro atoms. The van der Waals surface area contributed by atoms with Gasteiger partial charge in [-0.1, -0.05) is 34.1 Å². The Morgan fingerprint density at radius 1 is 0.912 bits per heavy atom. The number of aryl methyl sites for hydroxylation is 1. The zero-order chi connectivity index (χ0) is 23.4. The number of para-hydroxylation sites is 1. The van der Waals surface area contributed by atoms with Crippen molar-refractivity contribution in [2.24, 2.45) is 7.05 Å². The summed E-state index contributed by atoms with van der Waals surface area (Å²) in [6, 6.07) is 15.7. The van der Waals surface area contributed by atoms with E-state index >= 15 is 0 Å². The maximum absolute atomic E-state index is 13.3. The summed E-state index contributed by atoms with van der Waals surface area (Å²) in [4.78, 5) is 29.9. The van der Waals surface area contributed by atoms with Crippen LogP contribution in [0.25, 0.3) is 32.9 Å². The number of rotatable bonds is 5. The predicted molar refractivity (Wildman–Crippen MR) is 141 cm³/mol. The number of likely N-dealkylation sites (N-methyl/N-ethyl adjacent to an activating group) is 1. The molecule has 176 valence electrons. The number of aromatic nitrogens is 1. The van der Waals surface area contributed by atoms with E-state index in [0.29, 0.717) is 29.0 Å². The van der Waals surface area contributed by atoms with Crippen LogP contribution in [0.2, 0.25) is 0 Å². The van der Waals surface area contributed by atoms with Crippen LogP contribution in [0.4, 0.5) is 0 Å². The van der Waals surface area contributed by atoms with Gasteiger partial charge in [0, 0.05) is 52.5 Å². The molecule has 0 atom stereocenters. The minimum Gasteiger partial charge on any atom is -0.492 e. The van der Waals surface area contributed by atoms with Crippen LogP contribution in [0, 0.1) is 0 Å². The van der Waals surface area contributed by atoms with E-state index in [4.69, 9.17) is 4.74 Å². The van der Waals surface area contributed by atoms with E-state index in [-0.39, 0.29) is 24.2 Å². The summed E-state index contributed by atoms with van der Waals surface area (Å²) in [5.41, 5.74) is 4.29. The lowest BCUT2D eigenvalue weighted by Gasteiger charge is -2.16. The Morgan fingerprint density at radius 3 is 2.35 bits per heavy atom. The van der Waals surface area contributed by atoms with Crippen LogP contribution in [0.1, 0.15) is 20.7 Å². The lowest BCUT2D eigenvalue weighted by molar-refractivity contribution is 0.0694. The molecular weight excluding hydrogens is 518 g/mol. The highest BCUT2D eigenvalue weighted by Gasteiger charge is 2.39. The van der Waals surface area contributed by atoms with Gasteiger partial charge in [-0.2, -0.15) is 0 Å². The zero-order valence-electron chi connectivity index (χ0n) is 19.4. The van der Waals surface area contributed by atoms with Crippen molar-refractivity contribution in [2.75, 3.05) is 34.3 Å². The summed E-state index contributed by atoms with van der Waals surface area (Å²) in [7, 11) is 7.52. The van der Waals surface area contributed by atoms with Crippen molar-refractivity contribution in [2.45, 2.75) is 0 Å². The molecule has 0 bridgehead atoms. The highest BCUT2D eigenvalue weighted by atomic mass is 79.9. The minimum absolute atomic E-state index is 0. The van der Waals surface area contributed by atoms with E-state index in [2.05, 4.69) is 25.4 Å². The second-order valence-electron chi connectivity index (χ2n) is 8.61. The first kappa shape index (κ1) is 24.3. The number of carbonyl (C=O) groups is 2. The maximum atomic E-state index is 13.3. The number of halogens is 2. The average molecular weight is 543 g/mol. The van der Waals surface area contributed by atoms with Crippen LogP contribution in [0.5, 0.6) is 5.75 Å². The second kappa shape index (κ2) is 9.06. The van der Waals surface area contributed by atoms with Crippen molar-refractivity contribution in [3.63, 3.8) is 0 Å². The number of ether oxygens (including phenoxy) is 1. The van der Waals surface area contributed by atoms with Gasteiger partial charge in [-0.15, -0.1) is 12.4 Å². The summed E-state index contributed by atoms with van der Waals surface area (Å²) < 4.78 is 9.08. The van der Waals surface area contributed by atoms with E-state index in [1.54, 1.807) is 7.05 Å². The van der Waals surface area contributed by atoms with Gasteiger partial charge >= 0.3 is 0 Å². The third-order valence-electron chi connectivity index (χ3n) is 6.27. The first-order chi connectivity index (χ1) is 15.8. The Labute approximate surface area is 212 Å². The molecule has 1 aliphatic heterocycles. The highest BCUT2D eigenvalue weighted by Crippen LogP contribution is 2.44. The van der Waals surface area contributed by atoms with Crippen molar-refractivity contribution < 1.29 is 14.3 Å². The number of hydrogen-bond donors (Lipinski definition) is 0. The van der Waals surface area contributed by atoms with E-state index in [9.17, 15) is 9.59 Å². The van der Waals surface area contributed by atoms with Gasteiger partial charge in [-0.3, -0.25) is 14.5 Å². The number of imide groups is 1. The number of hydrogen-bond acceptors (Lipinski definition) is 4. The van der Waals surface area contributed by atoms with Crippen LogP contribution in [0.15, 0.2) is 53.0 Å². The Balaban J connectivity index is 0.00000274. The average Bonchev–Trinajstić information content (AvgIpc) is 3.20. The number of nitrogens with zero attached hydrogens (tertiary/aromatic N) is 3. The predicted octanol–water partition coefficient (Wildman–Crippen LogP) is 5.35. The third-order valence-corrected chi connectivity index (χ3v) is 6.76. The SMILES string of the molecule is CN(C)CCOc1ccc(Br)cc1-c1cc2c(c3c1C(=O)N(C)C3=O)c1ccccc1n2C.Cl. The second-order valence-corrected chi connectivity index (χ2v) is 9.52. The molecule has 8 heteroatoms. The van der Waals surface area contributed by atoms with Crippen LogP contribution in [0.3, 0.4) is 0 Å². The van der Waals surface area contributed by atoms with Gasteiger partial charge in [0.05, 0.1) is 16.6 Å². The van der Waals surface area contributed by atoms with Crippen LogP contribution in [-0.4, -0.2) is 60.5 Å². The Bertz CT molecular complexity index is 1460. The molecular formula is C26H25BrClN3O3. The lowest BCUT2D eigenvalue weighted by Crippen LogP contribution is -2.24. The van der Waals surface area contributed by atoms with E-state index in [1.165, 1.54) is 4.90 Å². The molecule has 1 aromatic heterocycles. The molecule has 6 nitrogen and oxygen atoms in total. The lowest BCUT2D eigenvalue weighted by atomic mass is 9.92. The number of benzene rings is 3. The fourth-order valence-electron chi connectivity index (χ4n) is 4.57. The summed E-state index contributed by atoms with van der Waals surface area (Å²) in [6.07, 6.45) is 0. The van der Waals surface area contributed by atoms with Gasteiger partial charge in [-0.25, -0.2) is 0 Å². The quantitative estimate of drug-likeness (QED) is 0.319. The molecule has 0 saturated heterocycles. The fourth-order valence-corrected chi connectivity index (χ4v) is 4.93. The largest absolute Gasteiger partial charge is 0.492 e. The summed E-state index contributed by atoms with van der Waals surface area (Å²) in [6.45, 7) is 1.27. The summed E-state index contributed by atoms with van der Waals surface area (Å²) in [5.74, 6) is 0.109. The highest BCUT2D eigenvalue weighted by molar-refractivity contribution is 9.10. The number of carbonyl (C=O) groups excluding carboxylic acids is 2. The van der Waals surface area contributed by atoms with Crippen molar-refractivity contribution in [1.82, 2.24) is 14.4 Å². The fraction of sp³-hybridized carbons (Fsp3) is 0.231. The first-order valence-electron chi connectivity index (χ1n) is 10.7. The van der Waals surface area contributed by atoms with Gasteiger partial charge in [0.25, 0.3) is 11.8 Å². The Kier molecular flexibility index (Phi) is 6.46. The van der Waals surface area contributed by atoms with Crippen LogP contribution in [-0.2, 0) is 7.05 Å². The number of fused-ring (bicyclic) bond motifs is 5. The van der Waals surface area contributed by atoms with Crippen molar-refractivity contribution in [3.8, 4) is 16.9 Å². The molecule has 4 aromatic rings. The topological polar surface area (TPSA) is 54.8 Å². The van der Waals surface area contributed by atoms with Crippen molar-refractivity contribution in [1.29, 1.82) is 0 Å². The molecule has 5 rings (SSSR count). The number of amides is 2. The molecule has 0 unspecified atom stereocenters. The molecule has 0 radical (unpaired) electrons. The van der Waals surface area contributed by atoms with Crippen LogP contribution >= 0.6 is 28.3 Å². The molecule has 2 amide bonds. The maximum Gasteiger partial charge on any atom is 0.262 e. The summed E-state index contributed by atoms with van der Waals surface area (Å²) in [5, 5.41) is 1.78. The summed E-state index contributed by atoms with van der Waals surface area (Å²) >= 11 is 3.57. The molecule has 0 fully saturated rings.